The second-order valence-electron chi connectivity index (χ2n) is 2.27. The topological polar surface area (TPSA) is 41.1 Å². The lowest BCUT2D eigenvalue weighted by atomic mass is 10.3. The van der Waals surface area contributed by atoms with Crippen molar-refractivity contribution in [1.29, 1.82) is 0 Å². The van der Waals surface area contributed by atoms with Crippen molar-refractivity contribution in [1.82, 2.24) is 10.6 Å². The van der Waals surface area contributed by atoms with Crippen molar-refractivity contribution in [3.63, 3.8) is 0 Å². The van der Waals surface area contributed by atoms with Crippen LogP contribution in [-0.2, 0) is 4.79 Å². The summed E-state index contributed by atoms with van der Waals surface area (Å²) in [6, 6.07) is 0. The second-order valence-corrected chi connectivity index (χ2v) is 3.41. The quantitative estimate of drug-likeness (QED) is 0.602. The van der Waals surface area contributed by atoms with E-state index in [1.54, 1.807) is 11.8 Å². The van der Waals surface area contributed by atoms with Gasteiger partial charge in [-0.15, -0.1) is 18.3 Å². The van der Waals surface area contributed by atoms with E-state index < -0.39 is 0 Å². The standard InChI is InChI=1S/C7H12N2OS/c1-2-5-11-7-8-4-3-6(10)9-7/h2,7-8H,1,3-5H2,(H,9,10). The number of amides is 1. The summed E-state index contributed by atoms with van der Waals surface area (Å²) < 4.78 is 0. The molecule has 0 aromatic rings. The number of hydrogen-bond donors (Lipinski definition) is 2. The molecule has 4 heteroatoms. The normalized spacial score (nSPS) is 24.4. The minimum Gasteiger partial charge on any atom is -0.332 e. The highest BCUT2D eigenvalue weighted by Gasteiger charge is 2.15. The molecule has 1 fully saturated rings. The maximum Gasteiger partial charge on any atom is 0.223 e. The van der Waals surface area contributed by atoms with Crippen molar-refractivity contribution >= 4 is 17.7 Å². The molecule has 1 atom stereocenters. The summed E-state index contributed by atoms with van der Waals surface area (Å²) >= 11 is 1.64. The van der Waals surface area contributed by atoms with E-state index in [-0.39, 0.29) is 11.4 Å². The Morgan fingerprint density at radius 3 is 3.27 bits per heavy atom. The SMILES string of the molecule is C=CCSC1NCCC(=O)N1. The molecule has 1 rings (SSSR count). The monoisotopic (exact) mass is 172 g/mol. The van der Waals surface area contributed by atoms with Crippen LogP contribution in [-0.4, -0.2) is 23.7 Å². The molecule has 0 aromatic carbocycles. The molecule has 0 aliphatic carbocycles. The average molecular weight is 172 g/mol. The molecule has 1 unspecified atom stereocenters. The Kier molecular flexibility index (Phi) is 3.45. The van der Waals surface area contributed by atoms with Crippen molar-refractivity contribution in [2.24, 2.45) is 0 Å². The molecule has 62 valence electrons. The third kappa shape index (κ3) is 2.95. The van der Waals surface area contributed by atoms with Gasteiger partial charge in [-0.2, -0.15) is 0 Å². The van der Waals surface area contributed by atoms with E-state index >= 15 is 0 Å². The van der Waals surface area contributed by atoms with Crippen LogP contribution in [0.15, 0.2) is 12.7 Å². The Balaban J connectivity index is 2.22. The summed E-state index contributed by atoms with van der Waals surface area (Å²) in [6.07, 6.45) is 2.41. The van der Waals surface area contributed by atoms with Crippen LogP contribution in [0.5, 0.6) is 0 Å². The number of carbonyl (C=O) groups is 1. The fraction of sp³-hybridized carbons (Fsp3) is 0.571. The van der Waals surface area contributed by atoms with Crippen LogP contribution >= 0.6 is 11.8 Å². The summed E-state index contributed by atoms with van der Waals surface area (Å²) in [7, 11) is 0. The van der Waals surface area contributed by atoms with E-state index in [1.807, 2.05) is 6.08 Å². The lowest BCUT2D eigenvalue weighted by Crippen LogP contribution is -2.49. The van der Waals surface area contributed by atoms with E-state index in [4.69, 9.17) is 0 Å². The van der Waals surface area contributed by atoms with Gasteiger partial charge < -0.3 is 5.32 Å². The second kappa shape index (κ2) is 4.41. The van der Waals surface area contributed by atoms with Gasteiger partial charge >= 0.3 is 0 Å². The lowest BCUT2D eigenvalue weighted by Gasteiger charge is -2.23. The average Bonchev–Trinajstić information content (AvgIpc) is 2.01. The van der Waals surface area contributed by atoms with Gasteiger partial charge in [0.2, 0.25) is 5.91 Å². The first kappa shape index (κ1) is 8.62. The molecule has 0 spiro atoms. The third-order valence-corrected chi connectivity index (χ3v) is 2.40. The Labute approximate surface area is 70.6 Å². The zero-order valence-corrected chi connectivity index (χ0v) is 7.12. The largest absolute Gasteiger partial charge is 0.332 e. The molecule has 1 aliphatic heterocycles. The van der Waals surface area contributed by atoms with Crippen molar-refractivity contribution in [3.05, 3.63) is 12.7 Å². The van der Waals surface area contributed by atoms with Gasteiger partial charge in [0.1, 0.15) is 5.50 Å². The van der Waals surface area contributed by atoms with Crippen LogP contribution in [0.2, 0.25) is 0 Å². The molecule has 2 N–H and O–H groups in total. The highest BCUT2D eigenvalue weighted by atomic mass is 32.2. The molecule has 1 saturated heterocycles. The minimum absolute atomic E-state index is 0.0780. The zero-order valence-electron chi connectivity index (χ0n) is 6.30. The molecule has 1 aliphatic rings. The summed E-state index contributed by atoms with van der Waals surface area (Å²) in [4.78, 5) is 10.8. The van der Waals surface area contributed by atoms with Crippen molar-refractivity contribution in [2.45, 2.75) is 11.9 Å². The van der Waals surface area contributed by atoms with E-state index in [0.717, 1.165) is 12.3 Å². The van der Waals surface area contributed by atoms with E-state index in [9.17, 15) is 4.79 Å². The molecule has 0 radical (unpaired) electrons. The van der Waals surface area contributed by atoms with E-state index in [2.05, 4.69) is 17.2 Å². The van der Waals surface area contributed by atoms with E-state index in [1.165, 1.54) is 0 Å². The first-order valence-corrected chi connectivity index (χ1v) is 4.63. The molecule has 3 nitrogen and oxygen atoms in total. The van der Waals surface area contributed by atoms with Crippen molar-refractivity contribution < 1.29 is 4.79 Å². The van der Waals surface area contributed by atoms with Crippen LogP contribution in [0.3, 0.4) is 0 Å². The first-order chi connectivity index (χ1) is 5.33. The predicted octanol–water partition coefficient (Wildman–Crippen LogP) is 0.299. The van der Waals surface area contributed by atoms with Crippen molar-refractivity contribution in [2.75, 3.05) is 12.3 Å². The Hall–Kier alpha value is -0.480. The Morgan fingerprint density at radius 2 is 2.64 bits per heavy atom. The van der Waals surface area contributed by atoms with Gasteiger partial charge in [0.25, 0.3) is 0 Å². The van der Waals surface area contributed by atoms with Crippen LogP contribution in [0.25, 0.3) is 0 Å². The minimum atomic E-state index is 0.0780. The predicted molar refractivity (Wildman–Crippen MR) is 47.2 cm³/mol. The van der Waals surface area contributed by atoms with Gasteiger partial charge in [-0.25, -0.2) is 0 Å². The fourth-order valence-electron chi connectivity index (χ4n) is 0.851. The highest BCUT2D eigenvalue weighted by molar-refractivity contribution is 7.99. The summed E-state index contributed by atoms with van der Waals surface area (Å²) in [5.74, 6) is 0.989. The maximum atomic E-state index is 10.8. The Morgan fingerprint density at radius 1 is 1.82 bits per heavy atom. The number of thioether (sulfide) groups is 1. The van der Waals surface area contributed by atoms with Crippen LogP contribution < -0.4 is 10.6 Å². The molecule has 1 amide bonds. The number of hydrogen-bond acceptors (Lipinski definition) is 3. The molecule has 11 heavy (non-hydrogen) atoms. The van der Waals surface area contributed by atoms with E-state index in [0.29, 0.717) is 6.42 Å². The van der Waals surface area contributed by atoms with Crippen molar-refractivity contribution in [3.8, 4) is 0 Å². The molecule has 0 saturated carbocycles. The summed E-state index contributed by atoms with van der Waals surface area (Å²) in [5, 5.41) is 5.98. The zero-order chi connectivity index (χ0) is 8.10. The summed E-state index contributed by atoms with van der Waals surface area (Å²) in [6.45, 7) is 4.38. The smallest absolute Gasteiger partial charge is 0.223 e. The van der Waals surface area contributed by atoms with Gasteiger partial charge in [-0.05, 0) is 0 Å². The van der Waals surface area contributed by atoms with Gasteiger partial charge in [0.15, 0.2) is 0 Å². The lowest BCUT2D eigenvalue weighted by molar-refractivity contribution is -0.122. The van der Waals surface area contributed by atoms with Crippen LogP contribution in [0.1, 0.15) is 6.42 Å². The number of carbonyl (C=O) groups excluding carboxylic acids is 1. The maximum absolute atomic E-state index is 10.8. The molecule has 0 aromatic heterocycles. The van der Waals surface area contributed by atoms with Crippen LogP contribution in [0, 0.1) is 0 Å². The summed E-state index contributed by atoms with van der Waals surface area (Å²) in [5.41, 5.74) is 0.0780. The van der Waals surface area contributed by atoms with Gasteiger partial charge in [-0.1, -0.05) is 6.08 Å². The molecule has 1 heterocycles. The van der Waals surface area contributed by atoms with Gasteiger partial charge in [0, 0.05) is 18.7 Å². The number of rotatable bonds is 3. The number of nitrogens with one attached hydrogen (secondary N) is 2. The highest BCUT2D eigenvalue weighted by Crippen LogP contribution is 2.07. The van der Waals surface area contributed by atoms with Gasteiger partial charge in [-0.3, -0.25) is 10.1 Å². The molecular formula is C7H12N2OS. The molecular weight excluding hydrogens is 160 g/mol. The third-order valence-electron chi connectivity index (χ3n) is 1.35. The van der Waals surface area contributed by atoms with Gasteiger partial charge in [0.05, 0.1) is 0 Å². The Bertz CT molecular complexity index is 161. The first-order valence-electron chi connectivity index (χ1n) is 3.58. The van der Waals surface area contributed by atoms with Crippen LogP contribution in [0.4, 0.5) is 0 Å². The molecule has 0 bridgehead atoms. The fourth-order valence-corrected chi connectivity index (χ4v) is 1.63.